The molecule has 180 valence electrons. The van der Waals surface area contributed by atoms with Gasteiger partial charge in [0.2, 0.25) is 0 Å². The second-order valence-electron chi connectivity index (χ2n) is 10.1. The number of aromatic nitrogens is 2. The van der Waals surface area contributed by atoms with Crippen LogP contribution in [0.5, 0.6) is 5.75 Å². The molecule has 7 heteroatoms. The van der Waals surface area contributed by atoms with Crippen molar-refractivity contribution in [1.29, 1.82) is 0 Å². The third-order valence-electron chi connectivity index (χ3n) is 6.26. The normalized spacial score (nSPS) is 14.6. The molecule has 2 aromatic heterocycles. The molecule has 0 bridgehead atoms. The first-order chi connectivity index (χ1) is 16.1. The molecule has 0 unspecified atom stereocenters. The summed E-state index contributed by atoms with van der Waals surface area (Å²) < 4.78 is 17.8. The van der Waals surface area contributed by atoms with E-state index < -0.39 is 11.6 Å². The maximum Gasteiger partial charge on any atom is 0.419 e. The predicted octanol–water partition coefficient (Wildman–Crippen LogP) is 5.45. The SMILES string of the molecule is COC(=O)c1cccc(CCc2c(C3(C)CC3)n(C(=O)OC(C)(C)C)c3cc(OC)ccc23)n1. The maximum atomic E-state index is 13.4. The number of aryl methyl sites for hydroxylation is 2. The number of rotatable bonds is 6. The number of carbonyl (C=O) groups is 2. The predicted molar refractivity (Wildman–Crippen MR) is 130 cm³/mol. The molecule has 34 heavy (non-hydrogen) atoms. The number of ether oxygens (including phenoxy) is 3. The molecule has 1 fully saturated rings. The summed E-state index contributed by atoms with van der Waals surface area (Å²) in [7, 11) is 2.96. The van der Waals surface area contributed by atoms with Crippen LogP contribution in [0.25, 0.3) is 10.9 Å². The Hall–Kier alpha value is -3.35. The second kappa shape index (κ2) is 8.78. The van der Waals surface area contributed by atoms with Crippen LogP contribution < -0.4 is 4.74 Å². The van der Waals surface area contributed by atoms with Gasteiger partial charge >= 0.3 is 12.1 Å². The van der Waals surface area contributed by atoms with Crippen molar-refractivity contribution in [2.75, 3.05) is 14.2 Å². The van der Waals surface area contributed by atoms with Gasteiger partial charge in [0, 0.05) is 28.3 Å². The molecule has 0 atom stereocenters. The highest BCUT2D eigenvalue weighted by molar-refractivity contribution is 5.95. The van der Waals surface area contributed by atoms with Gasteiger partial charge in [0.25, 0.3) is 0 Å². The van der Waals surface area contributed by atoms with Crippen LogP contribution in [-0.2, 0) is 27.7 Å². The Kier molecular flexibility index (Phi) is 6.14. The van der Waals surface area contributed by atoms with Crippen molar-refractivity contribution in [2.45, 2.75) is 64.4 Å². The van der Waals surface area contributed by atoms with E-state index in [1.165, 1.54) is 7.11 Å². The maximum absolute atomic E-state index is 13.4. The van der Waals surface area contributed by atoms with E-state index >= 15 is 0 Å². The van der Waals surface area contributed by atoms with Gasteiger partial charge in [-0.1, -0.05) is 13.0 Å². The van der Waals surface area contributed by atoms with Crippen molar-refractivity contribution < 1.29 is 23.8 Å². The third-order valence-corrected chi connectivity index (χ3v) is 6.26. The average Bonchev–Trinajstić information content (AvgIpc) is 3.45. The highest BCUT2D eigenvalue weighted by Crippen LogP contribution is 2.51. The van der Waals surface area contributed by atoms with E-state index in [0.29, 0.717) is 18.6 Å². The molecular weight excluding hydrogens is 432 g/mol. The lowest BCUT2D eigenvalue weighted by Gasteiger charge is -2.23. The summed E-state index contributed by atoms with van der Waals surface area (Å²) in [6.45, 7) is 7.81. The van der Waals surface area contributed by atoms with Crippen LogP contribution in [0.2, 0.25) is 0 Å². The van der Waals surface area contributed by atoms with Crippen LogP contribution in [0, 0.1) is 0 Å². The highest BCUT2D eigenvalue weighted by Gasteiger charge is 2.45. The fourth-order valence-electron chi connectivity index (χ4n) is 4.36. The van der Waals surface area contributed by atoms with Gasteiger partial charge in [-0.3, -0.25) is 0 Å². The number of pyridine rings is 1. The molecule has 1 aliphatic carbocycles. The van der Waals surface area contributed by atoms with E-state index in [1.54, 1.807) is 17.7 Å². The van der Waals surface area contributed by atoms with E-state index in [4.69, 9.17) is 14.2 Å². The van der Waals surface area contributed by atoms with Gasteiger partial charge in [-0.15, -0.1) is 0 Å². The largest absolute Gasteiger partial charge is 0.497 e. The zero-order valence-corrected chi connectivity index (χ0v) is 20.7. The minimum Gasteiger partial charge on any atom is -0.497 e. The number of nitrogens with zero attached hydrogens (tertiary/aromatic N) is 2. The van der Waals surface area contributed by atoms with Gasteiger partial charge in [0.1, 0.15) is 17.0 Å². The van der Waals surface area contributed by atoms with Crippen LogP contribution in [0.4, 0.5) is 4.79 Å². The second-order valence-corrected chi connectivity index (χ2v) is 10.1. The Morgan fingerprint density at radius 2 is 1.82 bits per heavy atom. The van der Waals surface area contributed by atoms with E-state index in [-0.39, 0.29) is 17.2 Å². The molecule has 0 spiro atoms. The molecule has 4 rings (SSSR count). The zero-order valence-electron chi connectivity index (χ0n) is 20.7. The lowest BCUT2D eigenvalue weighted by atomic mass is 9.95. The number of esters is 1. The third kappa shape index (κ3) is 4.65. The van der Waals surface area contributed by atoms with Gasteiger partial charge in [0.15, 0.2) is 0 Å². The Morgan fingerprint density at radius 3 is 2.44 bits per heavy atom. The Balaban J connectivity index is 1.82. The van der Waals surface area contributed by atoms with Crippen LogP contribution in [0.1, 0.15) is 68.0 Å². The first-order valence-electron chi connectivity index (χ1n) is 11.6. The molecule has 0 N–H and O–H groups in total. The van der Waals surface area contributed by atoms with E-state index in [0.717, 1.165) is 40.7 Å². The van der Waals surface area contributed by atoms with Crippen molar-refractivity contribution in [3.63, 3.8) is 0 Å². The monoisotopic (exact) mass is 464 g/mol. The number of benzene rings is 1. The van der Waals surface area contributed by atoms with Gasteiger partial charge in [-0.25, -0.2) is 19.1 Å². The molecule has 1 aliphatic rings. The molecule has 7 nitrogen and oxygen atoms in total. The minimum absolute atomic E-state index is 0.0974. The van der Waals surface area contributed by atoms with Gasteiger partial charge in [0.05, 0.1) is 19.7 Å². The quantitative estimate of drug-likeness (QED) is 0.451. The topological polar surface area (TPSA) is 79.7 Å². The standard InChI is InChI=1S/C27H32N2O5/c1-26(2,3)34-25(31)29-22-16-18(32-5)11-13-19(22)20(23(29)27(4)14-15-27)12-10-17-8-7-9-21(28-17)24(30)33-6/h7-9,11,13,16H,10,12,14-15H2,1-6H3. The molecule has 0 amide bonds. The van der Waals surface area contributed by atoms with Crippen LogP contribution in [0.15, 0.2) is 36.4 Å². The lowest BCUT2D eigenvalue weighted by Crippen LogP contribution is -2.29. The molecule has 1 aromatic carbocycles. The molecular formula is C27H32N2O5. The highest BCUT2D eigenvalue weighted by atomic mass is 16.6. The summed E-state index contributed by atoms with van der Waals surface area (Å²) in [4.78, 5) is 29.8. The fraction of sp³-hybridized carbons (Fsp3) is 0.444. The van der Waals surface area contributed by atoms with Crippen LogP contribution in [-0.4, -0.2) is 41.4 Å². The van der Waals surface area contributed by atoms with E-state index in [9.17, 15) is 9.59 Å². The summed E-state index contributed by atoms with van der Waals surface area (Å²) in [5, 5.41) is 0.999. The molecule has 0 aliphatic heterocycles. The minimum atomic E-state index is -0.618. The van der Waals surface area contributed by atoms with E-state index in [1.807, 2.05) is 51.1 Å². The number of hydrogen-bond acceptors (Lipinski definition) is 6. The first-order valence-corrected chi connectivity index (χ1v) is 11.6. The van der Waals surface area contributed by atoms with Crippen molar-refractivity contribution in [1.82, 2.24) is 9.55 Å². The summed E-state index contributed by atoms with van der Waals surface area (Å²) in [5.74, 6) is 0.225. The smallest absolute Gasteiger partial charge is 0.419 e. The van der Waals surface area contributed by atoms with Gasteiger partial charge < -0.3 is 14.2 Å². The van der Waals surface area contributed by atoms with Gasteiger partial charge in [-0.2, -0.15) is 0 Å². The zero-order chi connectivity index (χ0) is 24.7. The van der Waals surface area contributed by atoms with Crippen molar-refractivity contribution in [2.24, 2.45) is 0 Å². The number of hydrogen-bond donors (Lipinski definition) is 0. The number of carbonyl (C=O) groups excluding carboxylic acids is 2. The Labute approximate surface area is 200 Å². The Morgan fingerprint density at radius 1 is 1.09 bits per heavy atom. The number of methoxy groups -OCH3 is 2. The summed E-state index contributed by atoms with van der Waals surface area (Å²) in [5.41, 5.74) is 3.25. The summed E-state index contributed by atoms with van der Waals surface area (Å²) in [6.07, 6.45) is 2.92. The average molecular weight is 465 g/mol. The molecule has 0 saturated heterocycles. The van der Waals surface area contributed by atoms with Crippen LogP contribution >= 0.6 is 0 Å². The number of fused-ring (bicyclic) bond motifs is 1. The van der Waals surface area contributed by atoms with Crippen molar-refractivity contribution in [3.05, 3.63) is 59.0 Å². The van der Waals surface area contributed by atoms with Crippen molar-refractivity contribution in [3.8, 4) is 5.75 Å². The summed E-state index contributed by atoms with van der Waals surface area (Å²) in [6, 6.07) is 11.2. The molecule has 2 heterocycles. The van der Waals surface area contributed by atoms with Crippen molar-refractivity contribution >= 4 is 23.0 Å². The first kappa shape index (κ1) is 23.8. The fourth-order valence-corrected chi connectivity index (χ4v) is 4.36. The van der Waals surface area contributed by atoms with Crippen LogP contribution in [0.3, 0.4) is 0 Å². The summed E-state index contributed by atoms with van der Waals surface area (Å²) >= 11 is 0. The lowest BCUT2D eigenvalue weighted by molar-refractivity contribution is 0.0536. The molecule has 0 radical (unpaired) electrons. The molecule has 3 aromatic rings. The van der Waals surface area contributed by atoms with E-state index in [2.05, 4.69) is 11.9 Å². The van der Waals surface area contributed by atoms with Gasteiger partial charge in [-0.05, 0) is 76.3 Å². The molecule has 1 saturated carbocycles. The Bertz CT molecular complexity index is 1250.